The van der Waals surface area contributed by atoms with Crippen LogP contribution in [-0.2, 0) is 19.5 Å². The number of carbonyl (C=O) groups excluding carboxylic acids is 2. The predicted molar refractivity (Wildman–Crippen MR) is 92.9 cm³/mol. The molecule has 0 amide bonds. The predicted octanol–water partition coefficient (Wildman–Crippen LogP) is 2.21. The van der Waals surface area contributed by atoms with Gasteiger partial charge in [0.25, 0.3) is 10.0 Å². The quantitative estimate of drug-likeness (QED) is 0.745. The van der Waals surface area contributed by atoms with E-state index in [1.165, 1.54) is 25.3 Å². The Balaban J connectivity index is 2.53. The average Bonchev–Trinajstić information content (AvgIpc) is 2.65. The monoisotopic (exact) mass is 397 g/mol. The maximum absolute atomic E-state index is 13.5. The number of halogens is 1. The summed E-state index contributed by atoms with van der Waals surface area (Å²) in [6, 6.07) is 6.52. The van der Waals surface area contributed by atoms with E-state index in [2.05, 4.69) is 14.2 Å². The first kappa shape index (κ1) is 20.2. The minimum atomic E-state index is -4.30. The molecule has 0 spiro atoms. The van der Waals surface area contributed by atoms with Gasteiger partial charge in [-0.25, -0.2) is 22.4 Å². The third-order valence-electron chi connectivity index (χ3n) is 3.44. The van der Waals surface area contributed by atoms with Crippen molar-refractivity contribution in [3.63, 3.8) is 0 Å². The second-order valence-corrected chi connectivity index (χ2v) is 6.83. The molecule has 0 unspecified atom stereocenters. The molecule has 1 N–H and O–H groups in total. The third kappa shape index (κ3) is 4.53. The molecular formula is C17H16FNO7S. The van der Waals surface area contributed by atoms with Crippen molar-refractivity contribution >= 4 is 27.6 Å². The zero-order chi connectivity index (χ0) is 20.2. The lowest BCUT2D eigenvalue weighted by Crippen LogP contribution is -2.16. The highest BCUT2D eigenvalue weighted by Crippen LogP contribution is 2.27. The number of anilines is 1. The van der Waals surface area contributed by atoms with Crippen LogP contribution in [0.4, 0.5) is 10.1 Å². The van der Waals surface area contributed by atoms with Gasteiger partial charge in [0.15, 0.2) is 0 Å². The molecule has 2 rings (SSSR count). The molecule has 0 saturated carbocycles. The molecule has 0 atom stereocenters. The molecule has 0 fully saturated rings. The molecule has 0 aromatic heterocycles. The van der Waals surface area contributed by atoms with Gasteiger partial charge < -0.3 is 14.2 Å². The standard InChI is InChI=1S/C17H16FNO7S/c1-24-14-5-4-12(18)9-15(14)27(22,23)19-13-7-10(16(20)25-2)6-11(8-13)17(21)26-3/h4-9,19H,1-3H3. The number of esters is 2. The highest BCUT2D eigenvalue weighted by Gasteiger charge is 2.22. The van der Waals surface area contributed by atoms with Crippen LogP contribution in [0.25, 0.3) is 0 Å². The highest BCUT2D eigenvalue weighted by atomic mass is 32.2. The fourth-order valence-electron chi connectivity index (χ4n) is 2.23. The van der Waals surface area contributed by atoms with Crippen LogP contribution in [0.3, 0.4) is 0 Å². The molecule has 8 nitrogen and oxygen atoms in total. The average molecular weight is 397 g/mol. The van der Waals surface area contributed by atoms with E-state index in [-0.39, 0.29) is 22.6 Å². The van der Waals surface area contributed by atoms with Gasteiger partial charge in [0.05, 0.1) is 38.1 Å². The zero-order valence-corrected chi connectivity index (χ0v) is 15.4. The summed E-state index contributed by atoms with van der Waals surface area (Å²) in [6.45, 7) is 0. The molecule has 0 aliphatic heterocycles. The molecule has 0 bridgehead atoms. The first-order chi connectivity index (χ1) is 12.7. The number of hydrogen-bond donors (Lipinski definition) is 1. The number of carbonyl (C=O) groups is 2. The lowest BCUT2D eigenvalue weighted by Gasteiger charge is -2.13. The summed E-state index contributed by atoms with van der Waals surface area (Å²) in [5, 5.41) is 0. The van der Waals surface area contributed by atoms with Gasteiger partial charge in [0.2, 0.25) is 0 Å². The van der Waals surface area contributed by atoms with Crippen molar-refractivity contribution in [3.05, 3.63) is 53.3 Å². The van der Waals surface area contributed by atoms with E-state index >= 15 is 0 Å². The van der Waals surface area contributed by atoms with Crippen molar-refractivity contribution in [2.24, 2.45) is 0 Å². The third-order valence-corrected chi connectivity index (χ3v) is 4.85. The number of nitrogens with one attached hydrogen (secondary N) is 1. The topological polar surface area (TPSA) is 108 Å². The fraction of sp³-hybridized carbons (Fsp3) is 0.176. The molecule has 0 aliphatic rings. The van der Waals surface area contributed by atoms with Crippen LogP contribution in [0.2, 0.25) is 0 Å². The molecule has 2 aromatic rings. The van der Waals surface area contributed by atoms with Crippen LogP contribution < -0.4 is 9.46 Å². The summed E-state index contributed by atoms with van der Waals surface area (Å²) in [7, 11) is -0.794. The lowest BCUT2D eigenvalue weighted by molar-refractivity contribution is 0.0599. The van der Waals surface area contributed by atoms with Gasteiger partial charge >= 0.3 is 11.9 Å². The maximum atomic E-state index is 13.5. The number of methoxy groups -OCH3 is 3. The van der Waals surface area contributed by atoms with E-state index in [1.807, 2.05) is 0 Å². The Kier molecular flexibility index (Phi) is 6.01. The van der Waals surface area contributed by atoms with Gasteiger partial charge in [0, 0.05) is 0 Å². The fourth-order valence-corrected chi connectivity index (χ4v) is 3.45. The van der Waals surface area contributed by atoms with Crippen molar-refractivity contribution in [1.82, 2.24) is 0 Å². The summed E-state index contributed by atoms with van der Waals surface area (Å²) < 4.78 is 55.1. The second kappa shape index (κ2) is 8.04. The Morgan fingerprint density at radius 3 is 1.96 bits per heavy atom. The van der Waals surface area contributed by atoms with Gasteiger partial charge in [-0.05, 0) is 36.4 Å². The first-order valence-corrected chi connectivity index (χ1v) is 8.88. The van der Waals surface area contributed by atoms with Crippen LogP contribution in [0.5, 0.6) is 5.75 Å². The Morgan fingerprint density at radius 2 is 1.48 bits per heavy atom. The Labute approximate surface area is 154 Å². The Morgan fingerprint density at radius 1 is 0.926 bits per heavy atom. The van der Waals surface area contributed by atoms with Gasteiger partial charge in [-0.15, -0.1) is 0 Å². The molecule has 2 aromatic carbocycles. The molecule has 0 saturated heterocycles. The maximum Gasteiger partial charge on any atom is 0.337 e. The largest absolute Gasteiger partial charge is 0.495 e. The number of hydrogen-bond acceptors (Lipinski definition) is 7. The van der Waals surface area contributed by atoms with Crippen LogP contribution >= 0.6 is 0 Å². The molecular weight excluding hydrogens is 381 g/mol. The van der Waals surface area contributed by atoms with E-state index in [4.69, 9.17) is 4.74 Å². The smallest absolute Gasteiger partial charge is 0.337 e. The van der Waals surface area contributed by atoms with E-state index in [9.17, 15) is 22.4 Å². The lowest BCUT2D eigenvalue weighted by atomic mass is 10.1. The summed E-state index contributed by atoms with van der Waals surface area (Å²) in [5.74, 6) is -2.44. The van der Waals surface area contributed by atoms with Gasteiger partial charge in [-0.2, -0.15) is 0 Å². The van der Waals surface area contributed by atoms with Crippen LogP contribution in [-0.4, -0.2) is 41.7 Å². The van der Waals surface area contributed by atoms with Crippen molar-refractivity contribution in [1.29, 1.82) is 0 Å². The van der Waals surface area contributed by atoms with E-state index < -0.39 is 32.7 Å². The Hall–Kier alpha value is -3.14. The second-order valence-electron chi connectivity index (χ2n) is 5.18. The summed E-state index contributed by atoms with van der Waals surface area (Å²) >= 11 is 0. The van der Waals surface area contributed by atoms with E-state index in [1.54, 1.807) is 0 Å². The van der Waals surface area contributed by atoms with Crippen molar-refractivity contribution < 1.29 is 36.6 Å². The number of benzene rings is 2. The summed E-state index contributed by atoms with van der Waals surface area (Å²) in [5.41, 5.74) is -0.279. The molecule has 144 valence electrons. The van der Waals surface area contributed by atoms with Gasteiger partial charge in [-0.3, -0.25) is 4.72 Å². The Bertz CT molecular complexity index is 955. The van der Waals surface area contributed by atoms with Gasteiger partial charge in [-0.1, -0.05) is 0 Å². The minimum Gasteiger partial charge on any atom is -0.495 e. The summed E-state index contributed by atoms with van der Waals surface area (Å²) in [4.78, 5) is 23.1. The normalized spacial score (nSPS) is 10.8. The molecule has 0 radical (unpaired) electrons. The van der Waals surface area contributed by atoms with E-state index in [0.717, 1.165) is 32.4 Å². The van der Waals surface area contributed by atoms with Crippen molar-refractivity contribution in [2.75, 3.05) is 26.1 Å². The first-order valence-electron chi connectivity index (χ1n) is 7.40. The van der Waals surface area contributed by atoms with Gasteiger partial charge in [0.1, 0.15) is 16.5 Å². The molecule has 27 heavy (non-hydrogen) atoms. The highest BCUT2D eigenvalue weighted by molar-refractivity contribution is 7.92. The molecule has 0 heterocycles. The van der Waals surface area contributed by atoms with Crippen molar-refractivity contribution in [2.45, 2.75) is 4.90 Å². The number of ether oxygens (including phenoxy) is 3. The van der Waals surface area contributed by atoms with Crippen molar-refractivity contribution in [3.8, 4) is 5.75 Å². The molecule has 10 heteroatoms. The zero-order valence-electron chi connectivity index (χ0n) is 14.6. The SMILES string of the molecule is COC(=O)c1cc(NS(=O)(=O)c2cc(F)ccc2OC)cc(C(=O)OC)c1. The van der Waals surface area contributed by atoms with Crippen LogP contribution in [0.15, 0.2) is 41.3 Å². The van der Waals surface area contributed by atoms with Crippen LogP contribution in [0.1, 0.15) is 20.7 Å². The van der Waals surface area contributed by atoms with Crippen LogP contribution in [0, 0.1) is 5.82 Å². The number of sulfonamides is 1. The van der Waals surface area contributed by atoms with E-state index in [0.29, 0.717) is 0 Å². The summed E-state index contributed by atoms with van der Waals surface area (Å²) in [6.07, 6.45) is 0. The number of rotatable bonds is 6. The minimum absolute atomic E-state index is 0.0793. The molecule has 0 aliphatic carbocycles.